The highest BCUT2D eigenvalue weighted by Crippen LogP contribution is 2.35. The molecule has 13 heavy (non-hydrogen) atoms. The Kier molecular flexibility index (Phi) is 2.10. The van der Waals surface area contributed by atoms with E-state index in [2.05, 4.69) is 0 Å². The molecular weight excluding hydrogens is 168 g/mol. The van der Waals surface area contributed by atoms with E-state index in [1.165, 1.54) is 0 Å². The normalized spacial score (nSPS) is 20.5. The third-order valence-electron chi connectivity index (χ3n) is 2.26. The Balaban J connectivity index is 2.41. The van der Waals surface area contributed by atoms with Crippen LogP contribution >= 0.6 is 0 Å². The number of methoxy groups -OCH3 is 1. The van der Waals surface area contributed by atoms with Gasteiger partial charge >= 0.3 is 0 Å². The number of fused-ring (bicyclic) bond motifs is 1. The van der Waals surface area contributed by atoms with E-state index >= 15 is 0 Å². The molecule has 0 radical (unpaired) electrons. The van der Waals surface area contributed by atoms with Gasteiger partial charge in [0.15, 0.2) is 0 Å². The van der Waals surface area contributed by atoms with Crippen LogP contribution in [0.3, 0.4) is 0 Å². The quantitative estimate of drug-likeness (QED) is 0.717. The molecule has 1 unspecified atom stereocenters. The summed E-state index contributed by atoms with van der Waals surface area (Å²) in [6.07, 6.45) is 0.892. The Morgan fingerprint density at radius 1 is 1.54 bits per heavy atom. The van der Waals surface area contributed by atoms with Crippen LogP contribution < -0.4 is 4.74 Å². The molecule has 1 aliphatic heterocycles. The van der Waals surface area contributed by atoms with Gasteiger partial charge in [-0.05, 0) is 18.2 Å². The van der Waals surface area contributed by atoms with Crippen molar-refractivity contribution in [1.82, 2.24) is 0 Å². The highest BCUT2D eigenvalue weighted by Gasteiger charge is 2.21. The van der Waals surface area contributed by atoms with Gasteiger partial charge in [-0.3, -0.25) is 0 Å². The number of hydrogen-bond donors (Lipinski definition) is 1. The molecule has 1 atom stereocenters. The van der Waals surface area contributed by atoms with Gasteiger partial charge in [-0.1, -0.05) is 0 Å². The maximum Gasteiger partial charge on any atom is 0.125 e. The number of aromatic hydroxyl groups is 1. The van der Waals surface area contributed by atoms with Crippen molar-refractivity contribution in [2.75, 3.05) is 13.7 Å². The van der Waals surface area contributed by atoms with Crippen LogP contribution in [0.25, 0.3) is 0 Å². The molecule has 1 aliphatic rings. The van der Waals surface area contributed by atoms with Crippen molar-refractivity contribution in [1.29, 1.82) is 0 Å². The Morgan fingerprint density at radius 3 is 3.15 bits per heavy atom. The number of rotatable bonds is 1. The maximum absolute atomic E-state index is 9.29. The summed E-state index contributed by atoms with van der Waals surface area (Å²) < 4.78 is 10.7. The van der Waals surface area contributed by atoms with Crippen LogP contribution in [-0.4, -0.2) is 18.8 Å². The molecule has 3 heteroatoms. The van der Waals surface area contributed by atoms with E-state index in [-0.39, 0.29) is 11.9 Å². The lowest BCUT2D eigenvalue weighted by Gasteiger charge is -2.24. The van der Waals surface area contributed by atoms with Crippen LogP contribution in [0.15, 0.2) is 18.2 Å². The molecule has 3 nitrogen and oxygen atoms in total. The van der Waals surface area contributed by atoms with E-state index in [4.69, 9.17) is 9.47 Å². The maximum atomic E-state index is 9.29. The van der Waals surface area contributed by atoms with E-state index < -0.39 is 0 Å². The van der Waals surface area contributed by atoms with Crippen LogP contribution in [0.2, 0.25) is 0 Å². The summed E-state index contributed by atoms with van der Waals surface area (Å²) in [4.78, 5) is 0. The molecule has 1 heterocycles. The third kappa shape index (κ3) is 1.47. The summed E-state index contributed by atoms with van der Waals surface area (Å²) in [6.45, 7) is 0.677. The first-order valence-electron chi connectivity index (χ1n) is 4.30. The monoisotopic (exact) mass is 180 g/mol. The predicted molar refractivity (Wildman–Crippen MR) is 48.0 cm³/mol. The largest absolute Gasteiger partial charge is 0.508 e. The molecule has 0 aliphatic carbocycles. The minimum absolute atomic E-state index is 0.0517. The smallest absolute Gasteiger partial charge is 0.125 e. The third-order valence-corrected chi connectivity index (χ3v) is 2.26. The Morgan fingerprint density at radius 2 is 2.38 bits per heavy atom. The first kappa shape index (κ1) is 8.38. The molecule has 0 saturated carbocycles. The van der Waals surface area contributed by atoms with Gasteiger partial charge in [0.1, 0.15) is 11.5 Å². The second-order valence-electron chi connectivity index (χ2n) is 3.08. The van der Waals surface area contributed by atoms with E-state index in [9.17, 15) is 5.11 Å². The van der Waals surface area contributed by atoms with E-state index in [0.29, 0.717) is 6.61 Å². The first-order valence-corrected chi connectivity index (χ1v) is 4.30. The fourth-order valence-electron chi connectivity index (χ4n) is 1.60. The molecular formula is C10H12O3. The lowest BCUT2D eigenvalue weighted by molar-refractivity contribution is 0.0634. The summed E-state index contributed by atoms with van der Waals surface area (Å²) in [5, 5.41) is 9.29. The lowest BCUT2D eigenvalue weighted by atomic mass is 10.0. The fourth-order valence-corrected chi connectivity index (χ4v) is 1.60. The van der Waals surface area contributed by atoms with Crippen molar-refractivity contribution in [3.8, 4) is 11.5 Å². The summed E-state index contributed by atoms with van der Waals surface area (Å²) in [5.41, 5.74) is 0.939. The molecule has 0 saturated heterocycles. The second-order valence-corrected chi connectivity index (χ2v) is 3.08. The standard InChI is InChI=1S/C10H12O3/c1-12-9-4-5-13-10-3-2-7(11)6-8(9)10/h2-3,6,9,11H,4-5H2,1H3. The summed E-state index contributed by atoms with van der Waals surface area (Å²) in [5.74, 6) is 1.07. The van der Waals surface area contributed by atoms with Crippen LogP contribution in [-0.2, 0) is 4.74 Å². The molecule has 0 fully saturated rings. The molecule has 0 spiro atoms. The minimum atomic E-state index is 0.0517. The van der Waals surface area contributed by atoms with E-state index in [1.807, 2.05) is 0 Å². The molecule has 0 amide bonds. The second kappa shape index (κ2) is 3.26. The van der Waals surface area contributed by atoms with Crippen LogP contribution in [0.1, 0.15) is 18.1 Å². The summed E-state index contributed by atoms with van der Waals surface area (Å²) in [6, 6.07) is 5.09. The van der Waals surface area contributed by atoms with E-state index in [0.717, 1.165) is 17.7 Å². The van der Waals surface area contributed by atoms with Crippen LogP contribution in [0.4, 0.5) is 0 Å². The van der Waals surface area contributed by atoms with Gasteiger partial charge in [0, 0.05) is 19.1 Å². The minimum Gasteiger partial charge on any atom is -0.508 e. The number of phenols is 1. The van der Waals surface area contributed by atoms with Gasteiger partial charge in [-0.2, -0.15) is 0 Å². The molecule has 0 bridgehead atoms. The van der Waals surface area contributed by atoms with Crippen molar-refractivity contribution < 1.29 is 14.6 Å². The molecule has 1 aromatic rings. The van der Waals surface area contributed by atoms with Gasteiger partial charge in [-0.15, -0.1) is 0 Å². The van der Waals surface area contributed by atoms with Gasteiger partial charge < -0.3 is 14.6 Å². The SMILES string of the molecule is COC1CCOc2ccc(O)cc21. The summed E-state index contributed by atoms with van der Waals surface area (Å²) >= 11 is 0. The Labute approximate surface area is 76.9 Å². The highest BCUT2D eigenvalue weighted by molar-refractivity contribution is 5.42. The highest BCUT2D eigenvalue weighted by atomic mass is 16.5. The number of ether oxygens (including phenoxy) is 2. The predicted octanol–water partition coefficient (Wildman–Crippen LogP) is 1.86. The average molecular weight is 180 g/mol. The Bertz CT molecular complexity index is 309. The van der Waals surface area contributed by atoms with Gasteiger partial charge in [0.25, 0.3) is 0 Å². The van der Waals surface area contributed by atoms with E-state index in [1.54, 1.807) is 25.3 Å². The van der Waals surface area contributed by atoms with Crippen LogP contribution in [0, 0.1) is 0 Å². The van der Waals surface area contributed by atoms with Gasteiger partial charge in [0.05, 0.1) is 12.7 Å². The molecule has 70 valence electrons. The molecule has 0 aromatic heterocycles. The zero-order chi connectivity index (χ0) is 9.26. The Hall–Kier alpha value is -1.22. The lowest BCUT2D eigenvalue weighted by Crippen LogP contribution is -2.15. The zero-order valence-corrected chi connectivity index (χ0v) is 7.49. The average Bonchev–Trinajstić information content (AvgIpc) is 2.17. The van der Waals surface area contributed by atoms with Gasteiger partial charge in [-0.25, -0.2) is 0 Å². The van der Waals surface area contributed by atoms with Crippen molar-refractivity contribution >= 4 is 0 Å². The van der Waals surface area contributed by atoms with Crippen molar-refractivity contribution in [2.24, 2.45) is 0 Å². The number of phenolic OH excluding ortho intramolecular Hbond substituents is 1. The van der Waals surface area contributed by atoms with Crippen LogP contribution in [0.5, 0.6) is 11.5 Å². The molecule has 2 rings (SSSR count). The summed E-state index contributed by atoms with van der Waals surface area (Å²) in [7, 11) is 1.67. The first-order chi connectivity index (χ1) is 6.31. The topological polar surface area (TPSA) is 38.7 Å². The van der Waals surface area contributed by atoms with Crippen molar-refractivity contribution in [3.05, 3.63) is 23.8 Å². The van der Waals surface area contributed by atoms with Crippen molar-refractivity contribution in [3.63, 3.8) is 0 Å². The fraction of sp³-hybridized carbons (Fsp3) is 0.400. The molecule has 1 aromatic carbocycles. The van der Waals surface area contributed by atoms with Crippen molar-refractivity contribution in [2.45, 2.75) is 12.5 Å². The number of hydrogen-bond acceptors (Lipinski definition) is 3. The zero-order valence-electron chi connectivity index (χ0n) is 7.49. The molecule has 1 N–H and O–H groups in total. The van der Waals surface area contributed by atoms with Gasteiger partial charge in [0.2, 0.25) is 0 Å². The number of benzene rings is 1.